The van der Waals surface area contributed by atoms with Crippen molar-refractivity contribution < 1.29 is 9.45 Å². The molecule has 0 saturated heterocycles. The summed E-state index contributed by atoms with van der Waals surface area (Å²) in [6, 6.07) is 4.66. The van der Waals surface area contributed by atoms with E-state index in [0.717, 1.165) is 18.4 Å². The van der Waals surface area contributed by atoms with Crippen LogP contribution in [0.4, 0.5) is 5.69 Å². The van der Waals surface area contributed by atoms with Gasteiger partial charge in [0.1, 0.15) is 0 Å². The lowest BCUT2D eigenvalue weighted by molar-refractivity contribution is -0.384. The predicted octanol–water partition coefficient (Wildman–Crippen LogP) is 4.03. The first-order valence-corrected chi connectivity index (χ1v) is 6.69. The molecule has 0 aliphatic rings. The Kier molecular flexibility index (Phi) is 4.34. The highest BCUT2D eigenvalue weighted by atomic mass is 35.5. The van der Waals surface area contributed by atoms with Crippen molar-refractivity contribution in [3.8, 4) is 11.5 Å². The molecule has 2 rings (SSSR count). The van der Waals surface area contributed by atoms with Crippen LogP contribution in [-0.4, -0.2) is 15.1 Å². The Hall–Kier alpha value is -1.95. The van der Waals surface area contributed by atoms with Gasteiger partial charge in [-0.1, -0.05) is 18.5 Å². The van der Waals surface area contributed by atoms with Crippen LogP contribution in [0.1, 0.15) is 36.5 Å². The number of hydrogen-bond acceptors (Lipinski definition) is 5. The molecule has 1 heterocycles. The summed E-state index contributed by atoms with van der Waals surface area (Å²) in [5.74, 6) is 0.654. The van der Waals surface area contributed by atoms with Gasteiger partial charge in [0.25, 0.3) is 11.6 Å². The van der Waals surface area contributed by atoms with Gasteiger partial charge in [-0.3, -0.25) is 10.1 Å². The number of benzene rings is 1. The topological polar surface area (TPSA) is 82.1 Å². The average Bonchev–Trinajstić information content (AvgIpc) is 2.88. The molecule has 0 spiro atoms. The van der Waals surface area contributed by atoms with Crippen LogP contribution in [0.5, 0.6) is 0 Å². The summed E-state index contributed by atoms with van der Waals surface area (Å²) in [4.78, 5) is 14.6. The second kappa shape index (κ2) is 6.00. The van der Waals surface area contributed by atoms with E-state index >= 15 is 0 Å². The lowest BCUT2D eigenvalue weighted by Gasteiger charge is -2.00. The van der Waals surface area contributed by atoms with Crippen LogP contribution in [0, 0.1) is 17.0 Å². The van der Waals surface area contributed by atoms with Gasteiger partial charge in [0.2, 0.25) is 0 Å². The van der Waals surface area contributed by atoms with E-state index in [1.165, 1.54) is 12.1 Å². The summed E-state index contributed by atoms with van der Waals surface area (Å²) in [6.07, 6.45) is 1.66. The Bertz CT molecular complexity index is 627. The van der Waals surface area contributed by atoms with Crippen molar-refractivity contribution in [2.24, 2.45) is 0 Å². The highest BCUT2D eigenvalue weighted by Gasteiger charge is 2.18. The SMILES string of the molecule is CCCC(Cl)c1noc(-c2cc(C)cc([N+](=O)[O-])c2)n1. The second-order valence-corrected chi connectivity index (χ2v) is 5.06. The molecule has 0 amide bonds. The fourth-order valence-corrected chi connectivity index (χ4v) is 2.16. The van der Waals surface area contributed by atoms with Gasteiger partial charge >= 0.3 is 0 Å². The number of aromatic nitrogens is 2. The van der Waals surface area contributed by atoms with Crippen molar-refractivity contribution in [2.45, 2.75) is 32.1 Å². The molecule has 6 nitrogen and oxygen atoms in total. The van der Waals surface area contributed by atoms with Gasteiger partial charge in [0, 0.05) is 17.7 Å². The highest BCUT2D eigenvalue weighted by molar-refractivity contribution is 6.20. The van der Waals surface area contributed by atoms with Gasteiger partial charge in [0.05, 0.1) is 10.3 Å². The number of nitro benzene ring substituents is 1. The minimum Gasteiger partial charge on any atom is -0.334 e. The summed E-state index contributed by atoms with van der Waals surface area (Å²) in [5.41, 5.74) is 1.27. The van der Waals surface area contributed by atoms with Crippen LogP contribution in [0.25, 0.3) is 11.5 Å². The van der Waals surface area contributed by atoms with Crippen molar-refractivity contribution in [1.29, 1.82) is 0 Å². The number of non-ortho nitro benzene ring substituents is 1. The molecule has 1 aromatic carbocycles. The fraction of sp³-hybridized carbons (Fsp3) is 0.385. The smallest absolute Gasteiger partial charge is 0.270 e. The first-order valence-electron chi connectivity index (χ1n) is 6.25. The van der Waals surface area contributed by atoms with Crippen LogP contribution in [-0.2, 0) is 0 Å². The molecule has 0 radical (unpaired) electrons. The lowest BCUT2D eigenvalue weighted by Crippen LogP contribution is -1.93. The molecule has 1 aromatic heterocycles. The van der Waals surface area contributed by atoms with Gasteiger partial charge < -0.3 is 4.52 Å². The van der Waals surface area contributed by atoms with Gasteiger partial charge in [-0.2, -0.15) is 4.98 Å². The van der Waals surface area contributed by atoms with Gasteiger partial charge in [-0.05, 0) is 25.0 Å². The zero-order valence-electron chi connectivity index (χ0n) is 11.2. The summed E-state index contributed by atoms with van der Waals surface area (Å²) in [7, 11) is 0. The van der Waals surface area contributed by atoms with Crippen LogP contribution >= 0.6 is 11.6 Å². The molecule has 0 fully saturated rings. The monoisotopic (exact) mass is 295 g/mol. The normalized spacial score (nSPS) is 12.3. The molecule has 7 heteroatoms. The predicted molar refractivity (Wildman–Crippen MR) is 74.6 cm³/mol. The fourth-order valence-electron chi connectivity index (χ4n) is 1.85. The average molecular weight is 296 g/mol. The van der Waals surface area contributed by atoms with Crippen molar-refractivity contribution in [3.63, 3.8) is 0 Å². The summed E-state index contributed by atoms with van der Waals surface area (Å²) in [5, 5.41) is 14.4. The van der Waals surface area contributed by atoms with Crippen LogP contribution in [0.2, 0.25) is 0 Å². The maximum absolute atomic E-state index is 10.9. The molecule has 1 unspecified atom stereocenters. The lowest BCUT2D eigenvalue weighted by atomic mass is 10.1. The number of hydrogen-bond donors (Lipinski definition) is 0. The van der Waals surface area contributed by atoms with Crippen LogP contribution < -0.4 is 0 Å². The van der Waals surface area contributed by atoms with E-state index in [1.54, 1.807) is 13.0 Å². The molecular formula is C13H14ClN3O3. The minimum absolute atomic E-state index is 0.00395. The summed E-state index contributed by atoms with van der Waals surface area (Å²) >= 11 is 6.13. The molecule has 0 aliphatic heterocycles. The van der Waals surface area contributed by atoms with Crippen molar-refractivity contribution in [2.75, 3.05) is 0 Å². The van der Waals surface area contributed by atoms with E-state index in [2.05, 4.69) is 10.1 Å². The molecule has 0 N–H and O–H groups in total. The van der Waals surface area contributed by atoms with Crippen molar-refractivity contribution in [1.82, 2.24) is 10.1 Å². The van der Waals surface area contributed by atoms with E-state index in [4.69, 9.17) is 16.1 Å². The number of aryl methyl sites for hydroxylation is 1. The molecule has 0 bridgehead atoms. The number of nitrogens with zero attached hydrogens (tertiary/aromatic N) is 3. The molecule has 1 atom stereocenters. The molecule has 0 saturated carbocycles. The van der Waals surface area contributed by atoms with E-state index < -0.39 is 4.92 Å². The highest BCUT2D eigenvalue weighted by Crippen LogP contribution is 2.28. The Morgan fingerprint density at radius 3 is 2.85 bits per heavy atom. The maximum Gasteiger partial charge on any atom is 0.270 e. The van der Waals surface area contributed by atoms with Crippen molar-refractivity contribution >= 4 is 17.3 Å². The third kappa shape index (κ3) is 3.14. The van der Waals surface area contributed by atoms with Crippen molar-refractivity contribution in [3.05, 3.63) is 39.7 Å². The number of alkyl halides is 1. The summed E-state index contributed by atoms with van der Waals surface area (Å²) in [6.45, 7) is 3.79. The second-order valence-electron chi connectivity index (χ2n) is 4.53. The van der Waals surface area contributed by atoms with Gasteiger partial charge in [0.15, 0.2) is 5.82 Å². The molecular weight excluding hydrogens is 282 g/mol. The Morgan fingerprint density at radius 2 is 2.20 bits per heavy atom. The van der Waals surface area contributed by atoms with Crippen LogP contribution in [0.3, 0.4) is 0 Å². The zero-order chi connectivity index (χ0) is 14.7. The van der Waals surface area contributed by atoms with Gasteiger partial charge in [-0.15, -0.1) is 11.6 Å². The third-order valence-electron chi connectivity index (χ3n) is 2.78. The molecule has 106 valence electrons. The Labute approximate surface area is 120 Å². The van der Waals surface area contributed by atoms with E-state index in [-0.39, 0.29) is 17.0 Å². The zero-order valence-corrected chi connectivity index (χ0v) is 11.9. The largest absolute Gasteiger partial charge is 0.334 e. The quantitative estimate of drug-likeness (QED) is 0.472. The van der Waals surface area contributed by atoms with Gasteiger partial charge in [-0.25, -0.2) is 0 Å². The van der Waals surface area contributed by atoms with Crippen LogP contribution in [0.15, 0.2) is 22.7 Å². The first-order chi connectivity index (χ1) is 9.51. The van der Waals surface area contributed by atoms with E-state index in [1.807, 2.05) is 6.92 Å². The standard InChI is InChI=1S/C13H14ClN3O3/c1-3-4-11(14)12-15-13(20-16-12)9-5-8(2)6-10(7-9)17(18)19/h5-7,11H,3-4H2,1-2H3. The number of rotatable bonds is 5. The Balaban J connectivity index is 2.34. The molecule has 20 heavy (non-hydrogen) atoms. The number of halogens is 1. The van der Waals surface area contributed by atoms with E-state index in [0.29, 0.717) is 11.4 Å². The van der Waals surface area contributed by atoms with E-state index in [9.17, 15) is 10.1 Å². The molecule has 2 aromatic rings. The summed E-state index contributed by atoms with van der Waals surface area (Å²) < 4.78 is 5.14. The third-order valence-corrected chi connectivity index (χ3v) is 3.20. The first kappa shape index (κ1) is 14.5. The number of nitro groups is 1. The minimum atomic E-state index is -0.449. The maximum atomic E-state index is 10.9. The Morgan fingerprint density at radius 1 is 1.45 bits per heavy atom. The molecule has 0 aliphatic carbocycles.